The highest BCUT2D eigenvalue weighted by atomic mass is 32.2. The van der Waals surface area contributed by atoms with Crippen molar-refractivity contribution in [3.8, 4) is 11.4 Å². The second-order valence-electron chi connectivity index (χ2n) is 10.4. The van der Waals surface area contributed by atoms with Crippen LogP contribution in [0, 0.1) is 5.92 Å². The number of hydrogen-bond donors (Lipinski definition) is 4. The first-order valence-corrected chi connectivity index (χ1v) is 15.1. The predicted octanol–water partition coefficient (Wildman–Crippen LogP) is 3.92. The molecule has 0 saturated carbocycles. The molecule has 4 N–H and O–H groups in total. The lowest BCUT2D eigenvalue weighted by atomic mass is 9.91. The molecule has 1 aromatic heterocycles. The molecule has 12 nitrogen and oxygen atoms in total. The highest BCUT2D eigenvalue weighted by Crippen LogP contribution is 2.43. The van der Waals surface area contributed by atoms with E-state index in [9.17, 15) is 19.8 Å². The fourth-order valence-electron chi connectivity index (χ4n) is 4.79. The standard InChI is InChI=1S/C31H33N5O7S/c1-19-26(18-44-31-33-34-35-36(31)24-10-12-25(38)13-11-24)42-30(43-29(19)22-6-4-21(17-37)5-7-22)23-8-2-20(3-9-23)16-32-27(39)14-15-28(40)41/h2-13,19,26,29-30,37-38H,14-18H2,1H3,(H,32,39)(H,40,41)/t19-,26+,29+,30+/m1/s1. The van der Waals surface area contributed by atoms with Gasteiger partial charge in [0, 0.05) is 30.2 Å². The van der Waals surface area contributed by atoms with Crippen LogP contribution in [0.15, 0.2) is 78.0 Å². The van der Waals surface area contributed by atoms with Crippen molar-refractivity contribution in [2.75, 3.05) is 5.75 Å². The molecule has 0 radical (unpaired) electrons. The molecule has 0 spiro atoms. The number of benzene rings is 3. The molecule has 1 saturated heterocycles. The van der Waals surface area contributed by atoms with E-state index in [1.807, 2.05) is 48.5 Å². The summed E-state index contributed by atoms with van der Waals surface area (Å²) in [4.78, 5) is 22.6. The first-order valence-electron chi connectivity index (χ1n) is 14.1. The molecule has 44 heavy (non-hydrogen) atoms. The summed E-state index contributed by atoms with van der Waals surface area (Å²) >= 11 is 1.45. The zero-order valence-corrected chi connectivity index (χ0v) is 24.8. The molecule has 4 atom stereocenters. The average Bonchev–Trinajstić information content (AvgIpc) is 3.51. The van der Waals surface area contributed by atoms with Crippen molar-refractivity contribution >= 4 is 23.6 Å². The summed E-state index contributed by atoms with van der Waals surface area (Å²) in [7, 11) is 0. The Kier molecular flexibility index (Phi) is 10.2. The number of aliphatic carboxylic acids is 1. The van der Waals surface area contributed by atoms with E-state index >= 15 is 0 Å². The Bertz CT molecular complexity index is 1550. The molecule has 0 bridgehead atoms. The van der Waals surface area contributed by atoms with Crippen LogP contribution in [-0.4, -0.2) is 59.3 Å². The number of thioether (sulfide) groups is 1. The second-order valence-corrected chi connectivity index (χ2v) is 11.4. The summed E-state index contributed by atoms with van der Waals surface area (Å²) in [6.07, 6.45) is -1.51. The largest absolute Gasteiger partial charge is 0.508 e. The Morgan fingerprint density at radius 1 is 0.932 bits per heavy atom. The summed E-state index contributed by atoms with van der Waals surface area (Å²) in [5.74, 6) is -0.696. The van der Waals surface area contributed by atoms with Crippen LogP contribution in [0.2, 0.25) is 0 Å². The zero-order chi connectivity index (χ0) is 31.1. The number of aliphatic hydroxyl groups is 1. The molecule has 1 aliphatic heterocycles. The molecule has 230 valence electrons. The predicted molar refractivity (Wildman–Crippen MR) is 160 cm³/mol. The molecular formula is C31H33N5O7S. The van der Waals surface area contributed by atoms with Crippen molar-refractivity contribution in [1.29, 1.82) is 0 Å². The quantitative estimate of drug-likeness (QED) is 0.170. The summed E-state index contributed by atoms with van der Waals surface area (Å²) < 4.78 is 14.6. The lowest BCUT2D eigenvalue weighted by molar-refractivity contribution is -0.268. The van der Waals surface area contributed by atoms with E-state index in [-0.39, 0.29) is 55.8 Å². The zero-order valence-electron chi connectivity index (χ0n) is 23.9. The molecule has 13 heteroatoms. The Morgan fingerprint density at radius 2 is 1.61 bits per heavy atom. The molecule has 2 heterocycles. The van der Waals surface area contributed by atoms with E-state index in [0.29, 0.717) is 16.6 Å². The van der Waals surface area contributed by atoms with Gasteiger partial charge in [-0.15, -0.1) is 5.10 Å². The molecule has 1 amide bonds. The third-order valence-corrected chi connectivity index (χ3v) is 8.35. The fourth-order valence-corrected chi connectivity index (χ4v) is 5.85. The van der Waals surface area contributed by atoms with Gasteiger partial charge in [-0.2, -0.15) is 4.68 Å². The highest BCUT2D eigenvalue weighted by Gasteiger charge is 2.38. The van der Waals surface area contributed by atoms with Crippen molar-refractivity contribution in [2.24, 2.45) is 5.92 Å². The van der Waals surface area contributed by atoms with Gasteiger partial charge in [-0.3, -0.25) is 9.59 Å². The van der Waals surface area contributed by atoms with Crippen LogP contribution in [0.5, 0.6) is 5.75 Å². The summed E-state index contributed by atoms with van der Waals surface area (Å²) in [5, 5.41) is 43.4. The summed E-state index contributed by atoms with van der Waals surface area (Å²) in [6.45, 7) is 2.30. The van der Waals surface area contributed by atoms with Crippen LogP contribution in [-0.2, 0) is 32.2 Å². The molecule has 0 aliphatic carbocycles. The van der Waals surface area contributed by atoms with Crippen molar-refractivity contribution in [2.45, 2.75) is 56.6 Å². The average molecular weight is 620 g/mol. The minimum atomic E-state index is -1.01. The molecule has 4 aromatic rings. The van der Waals surface area contributed by atoms with Gasteiger partial charge in [-0.1, -0.05) is 67.2 Å². The summed E-state index contributed by atoms with van der Waals surface area (Å²) in [6, 6.07) is 21.8. The van der Waals surface area contributed by atoms with Crippen LogP contribution < -0.4 is 5.32 Å². The number of rotatable bonds is 12. The molecule has 1 fully saturated rings. The lowest BCUT2D eigenvalue weighted by Crippen LogP contribution is -2.38. The minimum Gasteiger partial charge on any atom is -0.508 e. The number of hydrogen-bond acceptors (Lipinski definition) is 10. The number of phenols is 1. The minimum absolute atomic E-state index is 0.0444. The first kappa shape index (κ1) is 31.1. The smallest absolute Gasteiger partial charge is 0.303 e. The number of carboxylic acids is 1. The number of carbonyl (C=O) groups is 2. The maximum atomic E-state index is 11.9. The number of aliphatic hydroxyl groups excluding tert-OH is 1. The van der Waals surface area contributed by atoms with Crippen LogP contribution >= 0.6 is 11.8 Å². The maximum absolute atomic E-state index is 11.9. The number of phenolic OH excluding ortho intramolecular Hbond substituents is 1. The van der Waals surface area contributed by atoms with Gasteiger partial charge < -0.3 is 30.1 Å². The van der Waals surface area contributed by atoms with Gasteiger partial charge in [0.15, 0.2) is 6.29 Å². The normalized spacial score (nSPS) is 19.9. The molecule has 1 aliphatic rings. The van der Waals surface area contributed by atoms with Gasteiger partial charge >= 0.3 is 5.97 Å². The van der Waals surface area contributed by atoms with Crippen molar-refractivity contribution < 1.29 is 34.4 Å². The van der Waals surface area contributed by atoms with Gasteiger partial charge in [0.1, 0.15) is 5.75 Å². The van der Waals surface area contributed by atoms with Crippen LogP contribution in [0.4, 0.5) is 0 Å². The molecular weight excluding hydrogens is 586 g/mol. The number of nitrogens with zero attached hydrogens (tertiary/aromatic N) is 4. The SMILES string of the molecule is C[C@@H]1[C@H](CSc2nnnn2-c2ccc(O)cc2)O[C@H](c2ccc(CNC(=O)CCC(=O)O)cc2)O[C@@H]1c1ccc(CO)cc1. The number of ether oxygens (including phenoxy) is 2. The van der Waals surface area contributed by atoms with Gasteiger partial charge in [-0.25, -0.2) is 0 Å². The number of amides is 1. The number of aromatic nitrogens is 4. The number of carbonyl (C=O) groups excluding carboxylic acids is 1. The third-order valence-electron chi connectivity index (χ3n) is 7.34. The van der Waals surface area contributed by atoms with E-state index in [1.54, 1.807) is 28.9 Å². The monoisotopic (exact) mass is 619 g/mol. The number of nitrogens with one attached hydrogen (secondary N) is 1. The van der Waals surface area contributed by atoms with Crippen molar-refractivity contribution in [3.05, 3.63) is 95.1 Å². The van der Waals surface area contributed by atoms with E-state index in [2.05, 4.69) is 27.8 Å². The summed E-state index contributed by atoms with van der Waals surface area (Å²) in [5.41, 5.74) is 4.15. The van der Waals surface area contributed by atoms with Gasteiger partial charge in [0.25, 0.3) is 0 Å². The van der Waals surface area contributed by atoms with Gasteiger partial charge in [-0.05, 0) is 51.4 Å². The third kappa shape index (κ3) is 7.80. The van der Waals surface area contributed by atoms with Gasteiger partial charge in [0.2, 0.25) is 11.1 Å². The van der Waals surface area contributed by atoms with E-state index in [0.717, 1.165) is 22.3 Å². The lowest BCUT2D eigenvalue weighted by Gasteiger charge is -2.41. The first-order chi connectivity index (χ1) is 21.3. The maximum Gasteiger partial charge on any atom is 0.303 e. The Morgan fingerprint density at radius 3 is 2.30 bits per heavy atom. The van der Waals surface area contributed by atoms with Crippen molar-refractivity contribution in [1.82, 2.24) is 25.5 Å². The fraction of sp³-hybridized carbons (Fsp3) is 0.323. The topological polar surface area (TPSA) is 169 Å². The molecule has 5 rings (SSSR count). The number of aromatic hydroxyl groups is 1. The highest BCUT2D eigenvalue weighted by molar-refractivity contribution is 7.99. The van der Waals surface area contributed by atoms with E-state index in [1.165, 1.54) is 11.8 Å². The second kappa shape index (κ2) is 14.4. The van der Waals surface area contributed by atoms with Crippen LogP contribution in [0.3, 0.4) is 0 Å². The Labute approximate surface area is 258 Å². The molecule has 0 unspecified atom stereocenters. The Hall–Kier alpha value is -4.30. The molecule has 3 aromatic carbocycles. The van der Waals surface area contributed by atoms with Crippen LogP contribution in [0.25, 0.3) is 5.69 Å². The van der Waals surface area contributed by atoms with E-state index in [4.69, 9.17) is 14.6 Å². The van der Waals surface area contributed by atoms with Crippen LogP contribution in [0.1, 0.15) is 54.4 Å². The van der Waals surface area contributed by atoms with Crippen molar-refractivity contribution in [3.63, 3.8) is 0 Å². The Balaban J connectivity index is 1.31. The van der Waals surface area contributed by atoms with E-state index < -0.39 is 12.3 Å². The number of tetrazole rings is 1. The number of carboxylic acid groups (broad SMARTS) is 1. The van der Waals surface area contributed by atoms with Gasteiger partial charge in [0.05, 0.1) is 30.9 Å².